The van der Waals surface area contributed by atoms with Crippen LogP contribution in [0.4, 0.5) is 5.69 Å². The van der Waals surface area contributed by atoms with Crippen molar-refractivity contribution in [2.24, 2.45) is 0 Å². The molecule has 0 unspecified atom stereocenters. The smallest absolute Gasteiger partial charge is 0.291 e. The Kier molecular flexibility index (Phi) is 4.73. The van der Waals surface area contributed by atoms with E-state index in [0.717, 1.165) is 31.5 Å². The Balaban J connectivity index is 1.98. The van der Waals surface area contributed by atoms with E-state index in [-0.39, 0.29) is 5.91 Å². The number of carbonyl (C=O) groups excluding carboxylic acids is 1. The predicted molar refractivity (Wildman–Crippen MR) is 101 cm³/mol. The summed E-state index contributed by atoms with van der Waals surface area (Å²) in [6, 6.07) is 15.5. The predicted octanol–water partition coefficient (Wildman–Crippen LogP) is 5.15. The van der Waals surface area contributed by atoms with Gasteiger partial charge in [-0.05, 0) is 53.1 Å². The molecule has 0 aliphatic carbocycles. The number of rotatable bonds is 4. The molecule has 0 radical (unpaired) electrons. The average Bonchev–Trinajstić information content (AvgIpc) is 2.87. The van der Waals surface area contributed by atoms with Gasteiger partial charge in [0.25, 0.3) is 5.91 Å². The minimum atomic E-state index is -0.206. The fraction of sp³-hybridized carbons (Fsp3) is 0.118. The van der Waals surface area contributed by atoms with Crippen molar-refractivity contribution < 1.29 is 9.21 Å². The number of anilines is 1. The first-order valence-corrected chi connectivity index (χ1v) is 9.22. The molecule has 5 heteroatoms. The molecule has 0 bridgehead atoms. The van der Waals surface area contributed by atoms with Crippen LogP contribution in [-0.4, -0.2) is 12.2 Å². The number of thioether (sulfide) groups is 1. The summed E-state index contributed by atoms with van der Waals surface area (Å²) in [6.07, 6.45) is 2.02. The van der Waals surface area contributed by atoms with Gasteiger partial charge < -0.3 is 9.73 Å². The molecule has 112 valence electrons. The van der Waals surface area contributed by atoms with Crippen molar-refractivity contribution in [2.75, 3.05) is 11.6 Å². The van der Waals surface area contributed by atoms with Gasteiger partial charge in [0, 0.05) is 26.0 Å². The molecule has 0 saturated heterocycles. The van der Waals surface area contributed by atoms with Crippen LogP contribution in [0.15, 0.2) is 52.9 Å². The maximum atomic E-state index is 12.6. The second-order valence-corrected chi connectivity index (χ2v) is 6.92. The first kappa shape index (κ1) is 15.4. The lowest BCUT2D eigenvalue weighted by Gasteiger charge is -2.05. The normalized spacial score (nSPS) is 10.8. The zero-order valence-corrected chi connectivity index (χ0v) is 14.9. The van der Waals surface area contributed by atoms with Crippen molar-refractivity contribution in [2.45, 2.75) is 5.75 Å². The van der Waals surface area contributed by atoms with E-state index in [0.29, 0.717) is 5.76 Å². The van der Waals surface area contributed by atoms with E-state index in [2.05, 4.69) is 27.9 Å². The Labute approximate surface area is 146 Å². The Morgan fingerprint density at radius 3 is 2.82 bits per heavy atom. The quantitative estimate of drug-likeness (QED) is 0.590. The highest BCUT2D eigenvalue weighted by atomic mass is 127. The van der Waals surface area contributed by atoms with Crippen LogP contribution in [0.1, 0.15) is 16.1 Å². The van der Waals surface area contributed by atoms with Crippen LogP contribution in [0.5, 0.6) is 0 Å². The van der Waals surface area contributed by atoms with E-state index < -0.39 is 0 Å². The van der Waals surface area contributed by atoms with Gasteiger partial charge in [-0.3, -0.25) is 4.79 Å². The summed E-state index contributed by atoms with van der Waals surface area (Å²) in [6.45, 7) is 0. The third kappa shape index (κ3) is 3.15. The zero-order valence-electron chi connectivity index (χ0n) is 11.9. The van der Waals surface area contributed by atoms with Gasteiger partial charge >= 0.3 is 0 Å². The third-order valence-corrected chi connectivity index (χ3v) is 4.52. The fourth-order valence-corrected chi connectivity index (χ4v) is 3.44. The van der Waals surface area contributed by atoms with Gasteiger partial charge in [-0.25, -0.2) is 0 Å². The van der Waals surface area contributed by atoms with Crippen molar-refractivity contribution in [3.63, 3.8) is 0 Å². The van der Waals surface area contributed by atoms with Crippen LogP contribution in [0, 0.1) is 3.57 Å². The highest BCUT2D eigenvalue weighted by molar-refractivity contribution is 14.1. The number of fused-ring (bicyclic) bond motifs is 1. The summed E-state index contributed by atoms with van der Waals surface area (Å²) in [5.74, 6) is 0.934. The van der Waals surface area contributed by atoms with E-state index in [4.69, 9.17) is 4.42 Å². The van der Waals surface area contributed by atoms with Gasteiger partial charge in [0.05, 0.1) is 0 Å². The number of hydrogen-bond acceptors (Lipinski definition) is 3. The van der Waals surface area contributed by atoms with Crippen molar-refractivity contribution in [3.05, 3.63) is 63.4 Å². The summed E-state index contributed by atoms with van der Waals surface area (Å²) in [5, 5.41) is 3.92. The van der Waals surface area contributed by atoms with Crippen LogP contribution < -0.4 is 5.32 Å². The molecule has 0 aliphatic heterocycles. The maximum absolute atomic E-state index is 12.6. The fourth-order valence-electron chi connectivity index (χ4n) is 2.32. The number of para-hydroxylation sites is 1. The van der Waals surface area contributed by atoms with Gasteiger partial charge in [-0.2, -0.15) is 11.8 Å². The van der Waals surface area contributed by atoms with Crippen molar-refractivity contribution in [1.29, 1.82) is 0 Å². The van der Waals surface area contributed by atoms with Crippen molar-refractivity contribution >= 4 is 56.9 Å². The molecule has 1 amide bonds. The molecule has 22 heavy (non-hydrogen) atoms. The number of carbonyl (C=O) groups is 1. The molecule has 0 atom stereocenters. The molecule has 1 aromatic heterocycles. The number of halogens is 1. The lowest BCUT2D eigenvalue weighted by Crippen LogP contribution is -2.12. The van der Waals surface area contributed by atoms with E-state index in [1.807, 2.05) is 54.8 Å². The molecule has 1 heterocycles. The number of hydrogen-bond donors (Lipinski definition) is 1. The summed E-state index contributed by atoms with van der Waals surface area (Å²) in [4.78, 5) is 12.6. The first-order chi connectivity index (χ1) is 10.7. The highest BCUT2D eigenvalue weighted by Gasteiger charge is 2.20. The van der Waals surface area contributed by atoms with Crippen LogP contribution >= 0.6 is 34.4 Å². The molecule has 2 aromatic carbocycles. The largest absolute Gasteiger partial charge is 0.451 e. The number of amides is 1. The molecule has 1 N–H and O–H groups in total. The summed E-state index contributed by atoms with van der Waals surface area (Å²) >= 11 is 3.89. The van der Waals surface area contributed by atoms with Gasteiger partial charge in [0.2, 0.25) is 0 Å². The Morgan fingerprint density at radius 2 is 2.05 bits per heavy atom. The minimum Gasteiger partial charge on any atom is -0.451 e. The number of nitrogens with one attached hydrogen (secondary N) is 1. The van der Waals surface area contributed by atoms with Crippen LogP contribution in [-0.2, 0) is 5.75 Å². The second kappa shape index (κ2) is 6.75. The second-order valence-electron chi connectivity index (χ2n) is 4.80. The lowest BCUT2D eigenvalue weighted by atomic mass is 10.1. The number of benzene rings is 2. The summed E-state index contributed by atoms with van der Waals surface area (Å²) in [7, 11) is 0. The van der Waals surface area contributed by atoms with Gasteiger partial charge in [0.15, 0.2) is 5.76 Å². The molecule has 3 rings (SSSR count). The maximum Gasteiger partial charge on any atom is 0.291 e. The van der Waals surface area contributed by atoms with Gasteiger partial charge in [-0.15, -0.1) is 0 Å². The first-order valence-electron chi connectivity index (χ1n) is 6.75. The molecular weight excluding hydrogens is 409 g/mol. The molecular formula is C17H14INO2S. The minimum absolute atomic E-state index is 0.206. The SMILES string of the molecule is CSCc1c(C(=O)Nc2cccc(I)c2)oc2ccccc12. The van der Waals surface area contributed by atoms with Gasteiger partial charge in [-0.1, -0.05) is 24.3 Å². The lowest BCUT2D eigenvalue weighted by molar-refractivity contribution is 0.0998. The average molecular weight is 423 g/mol. The zero-order chi connectivity index (χ0) is 15.5. The molecule has 3 nitrogen and oxygen atoms in total. The van der Waals surface area contributed by atoms with E-state index in [1.165, 1.54) is 0 Å². The summed E-state index contributed by atoms with van der Waals surface area (Å²) < 4.78 is 6.86. The molecule has 0 spiro atoms. The van der Waals surface area contributed by atoms with Crippen LogP contribution in [0.3, 0.4) is 0 Å². The number of furan rings is 1. The Morgan fingerprint density at radius 1 is 1.23 bits per heavy atom. The standard InChI is InChI=1S/C17H14INO2S/c1-22-10-14-13-7-2-3-8-15(13)21-16(14)17(20)19-12-6-4-5-11(18)9-12/h2-9H,10H2,1H3,(H,19,20). The van der Waals surface area contributed by atoms with Crippen molar-refractivity contribution in [1.82, 2.24) is 0 Å². The summed E-state index contributed by atoms with van der Waals surface area (Å²) in [5.41, 5.74) is 2.47. The molecule has 0 saturated carbocycles. The van der Waals surface area contributed by atoms with Crippen molar-refractivity contribution in [3.8, 4) is 0 Å². The van der Waals surface area contributed by atoms with Crippen LogP contribution in [0.25, 0.3) is 11.0 Å². The van der Waals surface area contributed by atoms with E-state index in [1.54, 1.807) is 11.8 Å². The monoisotopic (exact) mass is 423 g/mol. The van der Waals surface area contributed by atoms with Gasteiger partial charge in [0.1, 0.15) is 5.58 Å². The highest BCUT2D eigenvalue weighted by Crippen LogP contribution is 2.29. The topological polar surface area (TPSA) is 42.2 Å². The van der Waals surface area contributed by atoms with E-state index >= 15 is 0 Å². The molecule has 0 aliphatic rings. The van der Waals surface area contributed by atoms with E-state index in [9.17, 15) is 4.79 Å². The molecule has 0 fully saturated rings. The Bertz CT molecular complexity index is 828. The molecule has 3 aromatic rings. The Hall–Kier alpha value is -1.47. The van der Waals surface area contributed by atoms with Crippen LogP contribution in [0.2, 0.25) is 0 Å². The third-order valence-electron chi connectivity index (χ3n) is 3.28.